The summed E-state index contributed by atoms with van der Waals surface area (Å²) >= 11 is 4.73. The highest BCUT2D eigenvalue weighted by Crippen LogP contribution is 2.26. The van der Waals surface area contributed by atoms with Crippen LogP contribution in [0.3, 0.4) is 0 Å². The number of imidazole rings is 1. The van der Waals surface area contributed by atoms with Crippen molar-refractivity contribution < 1.29 is 13.2 Å². The quantitative estimate of drug-likeness (QED) is 0.688. The van der Waals surface area contributed by atoms with Crippen molar-refractivity contribution in [2.24, 2.45) is 5.73 Å². The first kappa shape index (κ1) is 15.3. The molecule has 0 atom stereocenters. The van der Waals surface area contributed by atoms with Gasteiger partial charge in [-0.2, -0.15) is 8.42 Å². The highest BCUT2D eigenvalue weighted by molar-refractivity contribution is 7.92. The molecule has 0 radical (unpaired) electrons. The van der Waals surface area contributed by atoms with E-state index in [9.17, 15) is 8.42 Å². The van der Waals surface area contributed by atoms with Crippen LogP contribution in [0.4, 0.5) is 5.69 Å². The van der Waals surface area contributed by atoms with Crippen LogP contribution in [0.25, 0.3) is 0 Å². The fourth-order valence-corrected chi connectivity index (χ4v) is 2.66. The lowest BCUT2D eigenvalue weighted by Crippen LogP contribution is -2.19. The van der Waals surface area contributed by atoms with E-state index in [1.165, 1.54) is 6.20 Å². The van der Waals surface area contributed by atoms with E-state index in [0.717, 1.165) is 0 Å². The average molecular weight is 326 g/mol. The maximum Gasteiger partial charge on any atom is 0.279 e. The number of hydrogen-bond donors (Lipinski definition) is 3. The Bertz CT molecular complexity index is 755. The molecule has 0 amide bonds. The molecule has 0 aliphatic rings. The van der Waals surface area contributed by atoms with Crippen LogP contribution < -0.4 is 15.2 Å². The van der Waals surface area contributed by atoms with E-state index >= 15 is 0 Å². The number of para-hydroxylation sites is 2. The maximum atomic E-state index is 12.2. The highest BCUT2D eigenvalue weighted by Gasteiger charge is 2.18. The second kappa shape index (κ2) is 6.10. The van der Waals surface area contributed by atoms with Crippen molar-refractivity contribution in [3.63, 3.8) is 0 Å². The largest absolute Gasteiger partial charge is 0.484 e. The van der Waals surface area contributed by atoms with E-state index in [1.807, 2.05) is 0 Å². The van der Waals surface area contributed by atoms with Gasteiger partial charge in [-0.3, -0.25) is 4.72 Å². The van der Waals surface area contributed by atoms with Gasteiger partial charge in [-0.25, -0.2) is 4.98 Å². The molecule has 1 aromatic heterocycles. The number of nitrogens with one attached hydrogen (secondary N) is 2. The molecule has 21 heavy (non-hydrogen) atoms. The Kier molecular flexibility index (Phi) is 4.43. The molecule has 112 valence electrons. The van der Waals surface area contributed by atoms with Gasteiger partial charge in [-0.1, -0.05) is 24.4 Å². The third-order valence-electron chi connectivity index (χ3n) is 2.47. The van der Waals surface area contributed by atoms with Gasteiger partial charge in [-0.15, -0.1) is 0 Å². The number of aryl methyl sites for hydroxylation is 1. The molecule has 2 aromatic rings. The molecule has 2 rings (SSSR count). The van der Waals surface area contributed by atoms with Crippen LogP contribution in [0.15, 0.2) is 35.5 Å². The van der Waals surface area contributed by atoms with Gasteiger partial charge in [0.15, 0.2) is 5.03 Å². The highest BCUT2D eigenvalue weighted by atomic mass is 32.2. The van der Waals surface area contributed by atoms with Crippen LogP contribution in [-0.4, -0.2) is 30.0 Å². The number of sulfonamides is 1. The van der Waals surface area contributed by atoms with E-state index in [1.54, 1.807) is 31.2 Å². The number of anilines is 1. The van der Waals surface area contributed by atoms with Crippen molar-refractivity contribution in [3.8, 4) is 5.75 Å². The number of aromatic amines is 1. The fraction of sp³-hybridized carbons (Fsp3) is 0.167. The number of thiocarbonyl (C=S) groups is 1. The Labute approximate surface area is 127 Å². The molecule has 0 saturated heterocycles. The predicted molar refractivity (Wildman–Crippen MR) is 82.9 cm³/mol. The van der Waals surface area contributed by atoms with Gasteiger partial charge in [0.25, 0.3) is 10.0 Å². The summed E-state index contributed by atoms with van der Waals surface area (Å²) in [6.45, 7) is 1.69. The Balaban J connectivity index is 2.25. The first-order chi connectivity index (χ1) is 9.88. The van der Waals surface area contributed by atoms with Crippen molar-refractivity contribution in [1.29, 1.82) is 0 Å². The van der Waals surface area contributed by atoms with Crippen molar-refractivity contribution in [1.82, 2.24) is 9.97 Å². The lowest BCUT2D eigenvalue weighted by atomic mass is 10.3. The Morgan fingerprint density at radius 2 is 2.19 bits per heavy atom. The molecule has 0 aliphatic carbocycles. The maximum absolute atomic E-state index is 12.2. The van der Waals surface area contributed by atoms with Gasteiger partial charge in [-0.05, 0) is 19.1 Å². The molecule has 0 fully saturated rings. The summed E-state index contributed by atoms with van der Waals surface area (Å²) in [5.74, 6) is 0.846. The smallest absolute Gasteiger partial charge is 0.279 e. The minimum Gasteiger partial charge on any atom is -0.484 e. The molecule has 0 saturated carbocycles. The van der Waals surface area contributed by atoms with Crippen molar-refractivity contribution in [3.05, 3.63) is 36.3 Å². The molecule has 0 bridgehead atoms. The normalized spacial score (nSPS) is 11.1. The number of nitrogens with two attached hydrogens (primary N) is 1. The molecule has 4 N–H and O–H groups in total. The minimum absolute atomic E-state index is 0.0239. The average Bonchev–Trinajstić information content (AvgIpc) is 2.85. The zero-order valence-electron chi connectivity index (χ0n) is 11.2. The lowest BCUT2D eigenvalue weighted by molar-refractivity contribution is 0.379. The molecule has 0 aliphatic heterocycles. The number of benzene rings is 1. The van der Waals surface area contributed by atoms with Crippen molar-refractivity contribution in [2.45, 2.75) is 11.9 Å². The molecule has 0 unspecified atom stereocenters. The van der Waals surface area contributed by atoms with Gasteiger partial charge in [0, 0.05) is 0 Å². The van der Waals surface area contributed by atoms with Crippen molar-refractivity contribution >= 4 is 32.9 Å². The SMILES string of the molecule is Cc1ncc(S(=O)(=O)Nc2ccccc2OCC(N)=S)[nH]1. The number of ether oxygens (including phenoxy) is 1. The first-order valence-corrected chi connectivity index (χ1v) is 7.82. The summed E-state index contributed by atoms with van der Waals surface area (Å²) < 4.78 is 32.2. The van der Waals surface area contributed by atoms with Crippen LogP contribution in [-0.2, 0) is 10.0 Å². The van der Waals surface area contributed by atoms with Crippen LogP contribution >= 0.6 is 12.2 Å². The number of H-pyrrole nitrogens is 1. The number of hydrogen-bond acceptors (Lipinski definition) is 5. The zero-order valence-corrected chi connectivity index (χ0v) is 12.8. The van der Waals surface area contributed by atoms with Gasteiger partial charge in [0.1, 0.15) is 23.2 Å². The Morgan fingerprint density at radius 3 is 2.81 bits per heavy atom. The van der Waals surface area contributed by atoms with E-state index in [4.69, 9.17) is 22.7 Å². The standard InChI is InChI=1S/C12H14N4O3S2/c1-8-14-6-12(15-8)21(17,18)16-9-4-2-3-5-10(9)19-7-11(13)20/h2-6,16H,7H2,1H3,(H2,13,20)(H,14,15). The van der Waals surface area contributed by atoms with E-state index < -0.39 is 10.0 Å². The molecule has 7 nitrogen and oxygen atoms in total. The molecule has 1 aromatic carbocycles. The summed E-state index contributed by atoms with van der Waals surface area (Å²) in [4.78, 5) is 6.71. The summed E-state index contributed by atoms with van der Waals surface area (Å²) in [6.07, 6.45) is 1.25. The topological polar surface area (TPSA) is 110 Å². The summed E-state index contributed by atoms with van der Waals surface area (Å²) in [5.41, 5.74) is 5.66. The van der Waals surface area contributed by atoms with Gasteiger partial charge in [0.05, 0.1) is 11.9 Å². The molecular formula is C12H14N4O3S2. The monoisotopic (exact) mass is 326 g/mol. The number of nitrogens with zero attached hydrogens (tertiary/aromatic N) is 1. The summed E-state index contributed by atoms with van der Waals surface area (Å²) in [7, 11) is -3.77. The van der Waals surface area contributed by atoms with Gasteiger partial charge < -0.3 is 15.5 Å². The van der Waals surface area contributed by atoms with Crippen LogP contribution in [0.5, 0.6) is 5.75 Å². The van der Waals surface area contributed by atoms with Crippen molar-refractivity contribution in [2.75, 3.05) is 11.3 Å². The number of aromatic nitrogens is 2. The zero-order chi connectivity index (χ0) is 15.5. The second-order valence-corrected chi connectivity index (χ2v) is 6.36. The third-order valence-corrected chi connectivity index (χ3v) is 3.86. The fourth-order valence-electron chi connectivity index (χ4n) is 1.56. The number of rotatable bonds is 6. The van der Waals surface area contributed by atoms with E-state index in [0.29, 0.717) is 17.3 Å². The Morgan fingerprint density at radius 1 is 1.48 bits per heavy atom. The first-order valence-electron chi connectivity index (χ1n) is 5.93. The predicted octanol–water partition coefficient (Wildman–Crippen LogP) is 1.18. The summed E-state index contributed by atoms with van der Waals surface area (Å²) in [6, 6.07) is 6.60. The molecule has 0 spiro atoms. The van der Waals surface area contributed by atoms with Crippen LogP contribution in [0.2, 0.25) is 0 Å². The third kappa shape index (κ3) is 3.92. The van der Waals surface area contributed by atoms with E-state index in [-0.39, 0.29) is 16.6 Å². The second-order valence-electron chi connectivity index (χ2n) is 4.19. The van der Waals surface area contributed by atoms with Gasteiger partial charge in [0.2, 0.25) is 0 Å². The lowest BCUT2D eigenvalue weighted by Gasteiger charge is -2.12. The van der Waals surface area contributed by atoms with E-state index in [2.05, 4.69) is 14.7 Å². The molecule has 9 heteroatoms. The van der Waals surface area contributed by atoms with Crippen LogP contribution in [0, 0.1) is 6.92 Å². The van der Waals surface area contributed by atoms with Crippen LogP contribution in [0.1, 0.15) is 5.82 Å². The Hall–Kier alpha value is -2.13. The molecule has 1 heterocycles. The minimum atomic E-state index is -3.77. The summed E-state index contributed by atoms with van der Waals surface area (Å²) in [5, 5.41) is -0.0239. The van der Waals surface area contributed by atoms with Gasteiger partial charge >= 0.3 is 0 Å². The molecular weight excluding hydrogens is 312 g/mol.